The van der Waals surface area contributed by atoms with Gasteiger partial charge in [-0.15, -0.1) is 0 Å². The SMILES string of the molecule is CCOC(=O)c1cnncc1C(=O)OC. The first-order valence-electron chi connectivity index (χ1n) is 4.26. The van der Waals surface area contributed by atoms with Crippen LogP contribution in [0.15, 0.2) is 12.4 Å². The molecule has 0 N–H and O–H groups in total. The number of hydrogen-bond acceptors (Lipinski definition) is 6. The standard InChI is InChI=1S/C9H10N2O4/c1-3-15-9(13)7-5-11-10-4-6(7)8(12)14-2/h4-5H,3H2,1-2H3. The molecule has 1 rings (SSSR count). The maximum absolute atomic E-state index is 11.4. The lowest BCUT2D eigenvalue weighted by Gasteiger charge is -2.04. The molecular weight excluding hydrogens is 200 g/mol. The van der Waals surface area contributed by atoms with Crippen molar-refractivity contribution in [2.75, 3.05) is 13.7 Å². The fraction of sp³-hybridized carbons (Fsp3) is 0.333. The van der Waals surface area contributed by atoms with Crippen LogP contribution in [0.5, 0.6) is 0 Å². The summed E-state index contributed by atoms with van der Waals surface area (Å²) >= 11 is 0. The summed E-state index contributed by atoms with van der Waals surface area (Å²) in [6.45, 7) is 1.89. The Balaban J connectivity index is 3.06. The van der Waals surface area contributed by atoms with Gasteiger partial charge in [-0.1, -0.05) is 0 Å². The second-order valence-corrected chi connectivity index (χ2v) is 2.53. The quantitative estimate of drug-likeness (QED) is 0.673. The van der Waals surface area contributed by atoms with E-state index in [0.717, 1.165) is 6.20 Å². The van der Waals surface area contributed by atoms with Crippen LogP contribution < -0.4 is 0 Å². The summed E-state index contributed by atoms with van der Waals surface area (Å²) in [5.41, 5.74) is 0.102. The van der Waals surface area contributed by atoms with E-state index in [2.05, 4.69) is 14.9 Å². The van der Waals surface area contributed by atoms with Crippen molar-refractivity contribution in [2.45, 2.75) is 6.92 Å². The van der Waals surface area contributed by atoms with Crippen LogP contribution >= 0.6 is 0 Å². The Morgan fingerprint density at radius 2 is 1.73 bits per heavy atom. The van der Waals surface area contributed by atoms with Crippen molar-refractivity contribution in [3.05, 3.63) is 23.5 Å². The molecule has 0 spiro atoms. The zero-order valence-corrected chi connectivity index (χ0v) is 8.39. The van der Waals surface area contributed by atoms with Crippen LogP contribution in [0.4, 0.5) is 0 Å². The number of carbonyl (C=O) groups excluding carboxylic acids is 2. The van der Waals surface area contributed by atoms with Gasteiger partial charge in [-0.2, -0.15) is 10.2 Å². The van der Waals surface area contributed by atoms with Crippen molar-refractivity contribution in [3.8, 4) is 0 Å². The highest BCUT2D eigenvalue weighted by Crippen LogP contribution is 2.08. The third kappa shape index (κ3) is 2.49. The van der Waals surface area contributed by atoms with Crippen LogP contribution in [-0.2, 0) is 9.47 Å². The summed E-state index contributed by atoms with van der Waals surface area (Å²) in [5.74, 6) is -1.26. The molecule has 0 aromatic carbocycles. The first kappa shape index (κ1) is 11.1. The van der Waals surface area contributed by atoms with Gasteiger partial charge in [0.05, 0.1) is 37.2 Å². The smallest absolute Gasteiger partial charge is 0.340 e. The van der Waals surface area contributed by atoms with Crippen LogP contribution in [0.3, 0.4) is 0 Å². The van der Waals surface area contributed by atoms with Gasteiger partial charge in [-0.3, -0.25) is 0 Å². The Morgan fingerprint density at radius 3 is 2.20 bits per heavy atom. The molecule has 0 aliphatic rings. The summed E-state index contributed by atoms with van der Waals surface area (Å²) in [6, 6.07) is 0. The van der Waals surface area contributed by atoms with E-state index in [-0.39, 0.29) is 17.7 Å². The van der Waals surface area contributed by atoms with Crippen molar-refractivity contribution in [1.29, 1.82) is 0 Å². The van der Waals surface area contributed by atoms with Crippen LogP contribution in [0.25, 0.3) is 0 Å². The van der Waals surface area contributed by atoms with Crippen molar-refractivity contribution < 1.29 is 19.1 Å². The highest BCUT2D eigenvalue weighted by Gasteiger charge is 2.19. The molecule has 0 saturated heterocycles. The first-order valence-corrected chi connectivity index (χ1v) is 4.26. The van der Waals surface area contributed by atoms with Crippen molar-refractivity contribution in [2.24, 2.45) is 0 Å². The zero-order valence-electron chi connectivity index (χ0n) is 8.39. The molecule has 0 amide bonds. The van der Waals surface area contributed by atoms with Gasteiger partial charge >= 0.3 is 11.9 Å². The van der Waals surface area contributed by atoms with Crippen LogP contribution in [-0.4, -0.2) is 35.9 Å². The summed E-state index contributed by atoms with van der Waals surface area (Å²) in [6.07, 6.45) is 2.34. The normalized spacial score (nSPS) is 9.47. The lowest BCUT2D eigenvalue weighted by molar-refractivity contribution is 0.0503. The molecule has 1 aromatic heterocycles. The molecule has 0 aliphatic carbocycles. The van der Waals surface area contributed by atoms with Gasteiger partial charge in [0.2, 0.25) is 0 Å². The predicted molar refractivity (Wildman–Crippen MR) is 49.3 cm³/mol. The maximum Gasteiger partial charge on any atom is 0.340 e. The van der Waals surface area contributed by atoms with E-state index in [1.807, 2.05) is 0 Å². The molecular formula is C9H10N2O4. The van der Waals surface area contributed by atoms with E-state index < -0.39 is 11.9 Å². The summed E-state index contributed by atoms with van der Waals surface area (Å²) in [7, 11) is 1.22. The minimum absolute atomic E-state index is 0.0472. The van der Waals surface area contributed by atoms with E-state index in [4.69, 9.17) is 4.74 Å². The van der Waals surface area contributed by atoms with Gasteiger partial charge in [0.25, 0.3) is 0 Å². The molecule has 0 aliphatic heterocycles. The second kappa shape index (κ2) is 5.04. The van der Waals surface area contributed by atoms with Gasteiger partial charge in [0.15, 0.2) is 0 Å². The zero-order chi connectivity index (χ0) is 11.3. The lowest BCUT2D eigenvalue weighted by Crippen LogP contribution is -2.14. The topological polar surface area (TPSA) is 78.4 Å². The Labute approximate surface area is 86.2 Å². The molecule has 0 saturated carbocycles. The Kier molecular flexibility index (Phi) is 3.73. The van der Waals surface area contributed by atoms with E-state index in [9.17, 15) is 9.59 Å². The van der Waals surface area contributed by atoms with Gasteiger partial charge in [-0.05, 0) is 6.92 Å². The lowest BCUT2D eigenvalue weighted by atomic mass is 10.2. The van der Waals surface area contributed by atoms with Gasteiger partial charge in [0.1, 0.15) is 0 Å². The van der Waals surface area contributed by atoms with E-state index in [1.54, 1.807) is 6.92 Å². The highest BCUT2D eigenvalue weighted by molar-refractivity contribution is 6.02. The molecule has 0 radical (unpaired) electrons. The molecule has 15 heavy (non-hydrogen) atoms. The van der Waals surface area contributed by atoms with Gasteiger partial charge in [0, 0.05) is 0 Å². The highest BCUT2D eigenvalue weighted by atomic mass is 16.5. The summed E-state index contributed by atoms with van der Waals surface area (Å²) in [4.78, 5) is 22.6. The van der Waals surface area contributed by atoms with Crippen LogP contribution in [0.1, 0.15) is 27.6 Å². The van der Waals surface area contributed by atoms with Crippen molar-refractivity contribution in [1.82, 2.24) is 10.2 Å². The number of esters is 2. The summed E-state index contributed by atoms with van der Waals surface area (Å²) in [5, 5.41) is 7.01. The Hall–Kier alpha value is -1.98. The third-order valence-corrected chi connectivity index (χ3v) is 1.63. The monoisotopic (exact) mass is 210 g/mol. The fourth-order valence-corrected chi connectivity index (χ4v) is 0.965. The molecule has 1 aromatic rings. The average Bonchev–Trinajstić information content (AvgIpc) is 2.28. The average molecular weight is 210 g/mol. The molecule has 0 fully saturated rings. The molecule has 6 heteroatoms. The van der Waals surface area contributed by atoms with E-state index in [0.29, 0.717) is 0 Å². The first-order chi connectivity index (χ1) is 7.20. The Bertz CT molecular complexity index is 378. The number of ether oxygens (including phenoxy) is 2. The number of methoxy groups -OCH3 is 1. The number of aromatic nitrogens is 2. The van der Waals surface area contributed by atoms with E-state index >= 15 is 0 Å². The predicted octanol–water partition coefficient (Wildman–Crippen LogP) is 0.440. The minimum Gasteiger partial charge on any atom is -0.465 e. The molecule has 0 unspecified atom stereocenters. The fourth-order valence-electron chi connectivity index (χ4n) is 0.965. The number of rotatable bonds is 3. The van der Waals surface area contributed by atoms with Crippen LogP contribution in [0.2, 0.25) is 0 Å². The number of nitrogens with zero attached hydrogens (tertiary/aromatic N) is 2. The maximum atomic E-state index is 11.4. The van der Waals surface area contributed by atoms with Crippen LogP contribution in [0, 0.1) is 0 Å². The largest absolute Gasteiger partial charge is 0.465 e. The van der Waals surface area contributed by atoms with Gasteiger partial charge < -0.3 is 9.47 Å². The molecule has 0 bridgehead atoms. The molecule has 6 nitrogen and oxygen atoms in total. The molecule has 0 atom stereocenters. The molecule has 1 heterocycles. The number of hydrogen-bond donors (Lipinski definition) is 0. The Morgan fingerprint density at radius 1 is 1.20 bits per heavy atom. The third-order valence-electron chi connectivity index (χ3n) is 1.63. The molecule has 80 valence electrons. The van der Waals surface area contributed by atoms with Crippen molar-refractivity contribution in [3.63, 3.8) is 0 Å². The second-order valence-electron chi connectivity index (χ2n) is 2.53. The van der Waals surface area contributed by atoms with E-state index in [1.165, 1.54) is 13.3 Å². The summed E-state index contributed by atoms with van der Waals surface area (Å²) < 4.78 is 9.24. The minimum atomic E-state index is -0.645. The van der Waals surface area contributed by atoms with Gasteiger partial charge in [-0.25, -0.2) is 9.59 Å². The van der Waals surface area contributed by atoms with Crippen molar-refractivity contribution >= 4 is 11.9 Å². The number of carbonyl (C=O) groups is 2.